The van der Waals surface area contributed by atoms with Gasteiger partial charge in [-0.2, -0.15) is 0 Å². The number of anilines is 2. The molecule has 0 aliphatic carbocycles. The zero-order valence-corrected chi connectivity index (χ0v) is 23.7. The third kappa shape index (κ3) is 6.89. The maximum Gasteiger partial charge on any atom is 0.255 e. The molecule has 5 rings (SSSR count). The van der Waals surface area contributed by atoms with E-state index in [9.17, 15) is 9.59 Å². The van der Waals surface area contributed by atoms with Crippen LogP contribution in [0, 0.1) is 0 Å². The average Bonchev–Trinajstić information content (AvgIpc) is 3.41. The second-order valence-corrected chi connectivity index (χ2v) is 10.0. The van der Waals surface area contributed by atoms with Crippen molar-refractivity contribution in [1.82, 2.24) is 19.9 Å². The van der Waals surface area contributed by atoms with Gasteiger partial charge in [0.2, 0.25) is 5.91 Å². The highest BCUT2D eigenvalue weighted by Gasteiger charge is 2.15. The number of nitrogens with one attached hydrogen (secondary N) is 3. The quantitative estimate of drug-likeness (QED) is 0.194. The number of aromatic nitrogens is 3. The molecule has 0 fully saturated rings. The van der Waals surface area contributed by atoms with Crippen molar-refractivity contribution in [1.29, 1.82) is 0 Å². The summed E-state index contributed by atoms with van der Waals surface area (Å²) < 4.78 is 5.57. The number of carbonyl (C=O) groups is 2. The molecule has 0 aliphatic heterocycles. The van der Waals surface area contributed by atoms with Crippen molar-refractivity contribution in [2.75, 3.05) is 38.4 Å². The Morgan fingerprint density at radius 1 is 0.976 bits per heavy atom. The molecule has 0 aliphatic rings. The number of amides is 2. The molecular formula is C33H32N6O3. The van der Waals surface area contributed by atoms with Crippen LogP contribution >= 0.6 is 0 Å². The lowest BCUT2D eigenvalue weighted by molar-refractivity contribution is -0.111. The van der Waals surface area contributed by atoms with Crippen molar-refractivity contribution < 1.29 is 14.3 Å². The fourth-order valence-electron chi connectivity index (χ4n) is 4.51. The lowest BCUT2D eigenvalue weighted by Crippen LogP contribution is -2.14. The topological polar surface area (TPSA) is 112 Å². The van der Waals surface area contributed by atoms with Gasteiger partial charge in [0.05, 0.1) is 13.3 Å². The summed E-state index contributed by atoms with van der Waals surface area (Å²) in [5, 5.41) is 6.79. The number of nitrogens with zero attached hydrogens (tertiary/aromatic N) is 3. The summed E-state index contributed by atoms with van der Waals surface area (Å²) in [6.07, 6.45) is 7.37. The van der Waals surface area contributed by atoms with Crippen molar-refractivity contribution in [3.05, 3.63) is 114 Å². The number of H-pyrrole nitrogens is 1. The summed E-state index contributed by atoms with van der Waals surface area (Å²) in [6.45, 7) is 0.674. The summed E-state index contributed by atoms with van der Waals surface area (Å²) in [7, 11) is 5.47. The summed E-state index contributed by atoms with van der Waals surface area (Å²) in [5.41, 5.74) is 5.37. The predicted octanol–water partition coefficient (Wildman–Crippen LogP) is 5.53. The van der Waals surface area contributed by atoms with E-state index in [4.69, 9.17) is 9.72 Å². The average molecular weight is 561 g/mol. The Hall–Kier alpha value is -5.28. The molecule has 0 atom stereocenters. The molecule has 2 amide bonds. The standard InChI is InChI=1S/C33H32N6O3/c1-39(2)17-7-12-31(40)36-24-15-13-23(14-16-24)33(41)37-25-9-6-8-22(18-25)19-30-35-21-29(42-3)32(38-30)27-20-34-28-11-5-4-10-26(27)28/h4-16,18,20-21,34H,17,19H2,1-3H3,(H,36,40)(H,37,41)/b12-7+. The number of carbonyl (C=O) groups excluding carboxylic acids is 2. The Balaban J connectivity index is 1.26. The number of benzene rings is 3. The molecule has 212 valence electrons. The predicted molar refractivity (Wildman–Crippen MR) is 166 cm³/mol. The first-order valence-corrected chi connectivity index (χ1v) is 13.5. The molecule has 0 bridgehead atoms. The highest BCUT2D eigenvalue weighted by atomic mass is 16.5. The number of aromatic amines is 1. The van der Waals surface area contributed by atoms with Gasteiger partial charge in [0, 0.05) is 58.6 Å². The van der Waals surface area contributed by atoms with E-state index in [1.165, 1.54) is 6.08 Å². The molecule has 3 aromatic carbocycles. The molecule has 2 heterocycles. The van der Waals surface area contributed by atoms with E-state index in [0.29, 0.717) is 47.2 Å². The van der Waals surface area contributed by atoms with Gasteiger partial charge < -0.3 is 25.3 Å². The van der Waals surface area contributed by atoms with E-state index < -0.39 is 0 Å². The second-order valence-electron chi connectivity index (χ2n) is 10.0. The minimum Gasteiger partial charge on any atom is -0.493 e. The van der Waals surface area contributed by atoms with E-state index in [1.54, 1.807) is 43.6 Å². The number of hydrogen-bond donors (Lipinski definition) is 3. The van der Waals surface area contributed by atoms with Gasteiger partial charge in [-0.25, -0.2) is 9.97 Å². The first-order chi connectivity index (χ1) is 20.4. The molecule has 9 heteroatoms. The van der Waals surface area contributed by atoms with E-state index >= 15 is 0 Å². The SMILES string of the molecule is COc1cnc(Cc2cccc(NC(=O)c3ccc(NC(=O)/C=C/CN(C)C)cc3)c2)nc1-c1c[nH]c2ccccc12. The third-order valence-corrected chi connectivity index (χ3v) is 6.57. The zero-order chi connectivity index (χ0) is 29.5. The Bertz CT molecular complexity index is 1740. The number of rotatable bonds is 10. The minimum atomic E-state index is -0.252. The Labute approximate surface area is 244 Å². The number of para-hydroxylation sites is 1. The van der Waals surface area contributed by atoms with Crippen LogP contribution in [0.3, 0.4) is 0 Å². The zero-order valence-electron chi connectivity index (χ0n) is 23.7. The fourth-order valence-corrected chi connectivity index (χ4v) is 4.51. The maximum atomic E-state index is 12.9. The Morgan fingerprint density at radius 2 is 1.79 bits per heavy atom. The molecule has 0 spiro atoms. The number of hydrogen-bond acceptors (Lipinski definition) is 6. The first kappa shape index (κ1) is 28.3. The van der Waals surface area contributed by atoms with Gasteiger partial charge in [0.25, 0.3) is 5.91 Å². The van der Waals surface area contributed by atoms with Crippen LogP contribution in [0.15, 0.2) is 97.3 Å². The largest absolute Gasteiger partial charge is 0.493 e. The van der Waals surface area contributed by atoms with Crippen LogP contribution < -0.4 is 15.4 Å². The molecule has 0 saturated carbocycles. The van der Waals surface area contributed by atoms with Crippen LogP contribution in [0.5, 0.6) is 5.75 Å². The maximum absolute atomic E-state index is 12.9. The molecular weight excluding hydrogens is 528 g/mol. The number of ether oxygens (including phenoxy) is 1. The lowest BCUT2D eigenvalue weighted by atomic mass is 10.1. The monoisotopic (exact) mass is 560 g/mol. The van der Waals surface area contributed by atoms with Crippen molar-refractivity contribution >= 4 is 34.1 Å². The molecule has 5 aromatic rings. The molecule has 2 aromatic heterocycles. The van der Waals surface area contributed by atoms with Crippen molar-refractivity contribution in [2.45, 2.75) is 6.42 Å². The molecule has 0 radical (unpaired) electrons. The van der Waals surface area contributed by atoms with E-state index in [-0.39, 0.29) is 11.8 Å². The number of methoxy groups -OCH3 is 1. The summed E-state index contributed by atoms with van der Waals surface area (Å²) >= 11 is 0. The second kappa shape index (κ2) is 12.9. The first-order valence-electron chi connectivity index (χ1n) is 13.5. The molecule has 0 saturated heterocycles. The van der Waals surface area contributed by atoms with E-state index in [1.807, 2.05) is 73.7 Å². The normalized spacial score (nSPS) is 11.2. The molecule has 3 N–H and O–H groups in total. The van der Waals surface area contributed by atoms with Crippen molar-refractivity contribution in [2.24, 2.45) is 0 Å². The van der Waals surface area contributed by atoms with Crippen LogP contribution in [0.1, 0.15) is 21.7 Å². The lowest BCUT2D eigenvalue weighted by Gasteiger charge is -2.10. The smallest absolute Gasteiger partial charge is 0.255 e. The van der Waals surface area contributed by atoms with Gasteiger partial charge in [0.15, 0.2) is 5.75 Å². The van der Waals surface area contributed by atoms with Crippen molar-refractivity contribution in [3.63, 3.8) is 0 Å². The van der Waals surface area contributed by atoms with E-state index in [2.05, 4.69) is 20.6 Å². The molecule has 42 heavy (non-hydrogen) atoms. The van der Waals surface area contributed by atoms with Gasteiger partial charge in [-0.05, 0) is 62.1 Å². The van der Waals surface area contributed by atoms with Crippen LogP contribution in [0.4, 0.5) is 11.4 Å². The molecule has 9 nitrogen and oxygen atoms in total. The fraction of sp³-hybridized carbons (Fsp3) is 0.152. The van der Waals surface area contributed by atoms with Gasteiger partial charge in [-0.3, -0.25) is 9.59 Å². The van der Waals surface area contributed by atoms with Gasteiger partial charge >= 0.3 is 0 Å². The number of fused-ring (bicyclic) bond motifs is 1. The van der Waals surface area contributed by atoms with Gasteiger partial charge in [-0.15, -0.1) is 0 Å². The highest BCUT2D eigenvalue weighted by molar-refractivity contribution is 6.05. The Morgan fingerprint density at radius 3 is 2.57 bits per heavy atom. The summed E-state index contributed by atoms with van der Waals surface area (Å²) in [6, 6.07) is 22.4. The van der Waals surface area contributed by atoms with Crippen molar-refractivity contribution in [3.8, 4) is 17.0 Å². The van der Waals surface area contributed by atoms with Gasteiger partial charge in [-0.1, -0.05) is 36.4 Å². The highest BCUT2D eigenvalue weighted by Crippen LogP contribution is 2.33. The van der Waals surface area contributed by atoms with Gasteiger partial charge in [0.1, 0.15) is 11.5 Å². The minimum absolute atomic E-state index is 0.222. The van der Waals surface area contributed by atoms with Crippen LogP contribution in [-0.4, -0.2) is 59.4 Å². The Kier molecular flexibility index (Phi) is 8.70. The molecule has 0 unspecified atom stereocenters. The van der Waals surface area contributed by atoms with E-state index in [0.717, 1.165) is 22.0 Å². The summed E-state index contributed by atoms with van der Waals surface area (Å²) in [5.74, 6) is 0.753. The third-order valence-electron chi connectivity index (χ3n) is 6.57. The number of likely N-dealkylation sites (N-methyl/N-ethyl adjacent to an activating group) is 1. The summed E-state index contributed by atoms with van der Waals surface area (Å²) in [4.78, 5) is 39.6. The van der Waals surface area contributed by atoms with Crippen LogP contribution in [-0.2, 0) is 11.2 Å². The van der Waals surface area contributed by atoms with Crippen LogP contribution in [0.25, 0.3) is 22.2 Å². The van der Waals surface area contributed by atoms with Crippen LogP contribution in [0.2, 0.25) is 0 Å².